The van der Waals surface area contributed by atoms with Gasteiger partial charge in [-0.05, 0) is 24.6 Å². The van der Waals surface area contributed by atoms with Gasteiger partial charge in [0.15, 0.2) is 0 Å². The van der Waals surface area contributed by atoms with Gasteiger partial charge in [0.25, 0.3) is 0 Å². The molecule has 1 aromatic rings. The highest BCUT2D eigenvalue weighted by molar-refractivity contribution is 9.10. The summed E-state index contributed by atoms with van der Waals surface area (Å²) in [5, 5.41) is 0. The predicted molar refractivity (Wildman–Crippen MR) is 59.9 cm³/mol. The van der Waals surface area contributed by atoms with Crippen LogP contribution in [0.25, 0.3) is 0 Å². The van der Waals surface area contributed by atoms with Crippen molar-refractivity contribution in [3.05, 3.63) is 34.3 Å². The van der Waals surface area contributed by atoms with Crippen molar-refractivity contribution in [2.75, 3.05) is 0 Å². The van der Waals surface area contributed by atoms with Crippen LogP contribution in [0.4, 0.5) is 0 Å². The molecule has 0 aromatic heterocycles. The highest BCUT2D eigenvalue weighted by Crippen LogP contribution is 2.10. The first kappa shape index (κ1) is 12.4. The van der Waals surface area contributed by atoms with E-state index < -0.39 is 0 Å². The lowest BCUT2D eigenvalue weighted by atomic mass is 10.1. The molecule has 1 aromatic carbocycles. The minimum atomic E-state index is 0.201. The van der Waals surface area contributed by atoms with Crippen LogP contribution < -0.4 is 0 Å². The van der Waals surface area contributed by atoms with Crippen LogP contribution in [0.15, 0.2) is 28.7 Å². The van der Waals surface area contributed by atoms with Crippen molar-refractivity contribution in [3.8, 4) is 0 Å². The summed E-state index contributed by atoms with van der Waals surface area (Å²) >= 11 is 3.33. The maximum Gasteiger partial charge on any atom is 0.134 e. The van der Waals surface area contributed by atoms with Gasteiger partial charge in [-0.1, -0.05) is 41.9 Å². The van der Waals surface area contributed by atoms with Gasteiger partial charge in [-0.2, -0.15) is 0 Å². The van der Waals surface area contributed by atoms with Crippen molar-refractivity contribution in [2.45, 2.75) is 27.2 Å². The molecule has 1 nitrogen and oxygen atoms in total. The summed E-state index contributed by atoms with van der Waals surface area (Å²) in [6.45, 7) is 5.60. The van der Waals surface area contributed by atoms with Crippen LogP contribution in [0.3, 0.4) is 0 Å². The highest BCUT2D eigenvalue weighted by atomic mass is 79.9. The van der Waals surface area contributed by atoms with Gasteiger partial charge in [-0.25, -0.2) is 0 Å². The zero-order chi connectivity index (χ0) is 10.3. The Bertz CT molecular complexity index is 251. The average molecular weight is 243 g/mol. The average Bonchev–Trinajstić information content (AvgIpc) is 2.12. The summed E-state index contributed by atoms with van der Waals surface area (Å²) in [6.07, 6.45) is 0.535. The van der Waals surface area contributed by atoms with Crippen molar-refractivity contribution < 1.29 is 4.79 Å². The van der Waals surface area contributed by atoms with Gasteiger partial charge < -0.3 is 0 Å². The fourth-order valence-corrected chi connectivity index (χ4v) is 1.15. The van der Waals surface area contributed by atoms with Gasteiger partial charge in [-0.3, -0.25) is 4.79 Å². The Kier molecular flexibility index (Phi) is 6.51. The second-order valence-electron chi connectivity index (χ2n) is 2.51. The van der Waals surface area contributed by atoms with Crippen molar-refractivity contribution >= 4 is 21.7 Å². The Morgan fingerprint density at radius 3 is 2.08 bits per heavy atom. The van der Waals surface area contributed by atoms with Crippen molar-refractivity contribution in [1.29, 1.82) is 0 Å². The molecular formula is C11H15BrO. The van der Waals surface area contributed by atoms with E-state index in [1.165, 1.54) is 0 Å². The molecule has 1 rings (SSSR count). The minimum Gasteiger partial charge on any atom is -0.300 e. The van der Waals surface area contributed by atoms with Gasteiger partial charge in [0.2, 0.25) is 0 Å². The highest BCUT2D eigenvalue weighted by Gasteiger charge is 1.95. The third kappa shape index (κ3) is 5.58. The van der Waals surface area contributed by atoms with Crippen LogP contribution in [-0.4, -0.2) is 5.78 Å². The maximum atomic E-state index is 10.7. The molecule has 0 aliphatic heterocycles. The second kappa shape index (κ2) is 6.84. The smallest absolute Gasteiger partial charge is 0.134 e. The molecule has 0 amide bonds. The van der Waals surface area contributed by atoms with Crippen LogP contribution in [0.2, 0.25) is 0 Å². The van der Waals surface area contributed by atoms with Gasteiger partial charge in [0, 0.05) is 10.9 Å². The molecule has 0 N–H and O–H groups in total. The van der Waals surface area contributed by atoms with Crippen molar-refractivity contribution in [2.24, 2.45) is 0 Å². The standard InChI is InChI=1S/C9H9BrO.C2H6/c1-7(11)6-8-2-4-9(10)5-3-8;1-2/h2-5H,6H2,1H3;1-2H3. The Morgan fingerprint density at radius 1 is 1.23 bits per heavy atom. The van der Waals surface area contributed by atoms with E-state index in [1.54, 1.807) is 6.92 Å². The third-order valence-corrected chi connectivity index (χ3v) is 1.89. The van der Waals surface area contributed by atoms with E-state index in [0.717, 1.165) is 10.0 Å². The van der Waals surface area contributed by atoms with E-state index in [1.807, 2.05) is 38.1 Å². The number of hydrogen-bond donors (Lipinski definition) is 0. The molecule has 0 heterocycles. The summed E-state index contributed by atoms with van der Waals surface area (Å²) in [4.78, 5) is 10.7. The number of hydrogen-bond acceptors (Lipinski definition) is 1. The van der Waals surface area contributed by atoms with Gasteiger partial charge in [0.05, 0.1) is 0 Å². The Balaban J connectivity index is 0.000000671. The number of carbonyl (C=O) groups is 1. The minimum absolute atomic E-state index is 0.201. The zero-order valence-electron chi connectivity index (χ0n) is 8.30. The molecule has 0 spiro atoms. The number of halogens is 1. The SMILES string of the molecule is CC.CC(=O)Cc1ccc(Br)cc1. The molecule has 13 heavy (non-hydrogen) atoms. The van der Waals surface area contributed by atoms with E-state index in [-0.39, 0.29) is 5.78 Å². The lowest BCUT2D eigenvalue weighted by Crippen LogP contribution is -1.95. The van der Waals surface area contributed by atoms with Crippen LogP contribution in [0, 0.1) is 0 Å². The number of carbonyl (C=O) groups excluding carboxylic acids is 1. The van der Waals surface area contributed by atoms with Crippen molar-refractivity contribution in [3.63, 3.8) is 0 Å². The summed E-state index contributed by atoms with van der Waals surface area (Å²) < 4.78 is 1.05. The molecular weight excluding hydrogens is 228 g/mol. The van der Waals surface area contributed by atoms with E-state index in [4.69, 9.17) is 0 Å². The normalized spacial score (nSPS) is 8.62. The van der Waals surface area contributed by atoms with Crippen LogP contribution in [-0.2, 0) is 11.2 Å². The molecule has 0 saturated carbocycles. The fourth-order valence-electron chi connectivity index (χ4n) is 0.890. The molecule has 0 unspecified atom stereocenters. The number of rotatable bonds is 2. The van der Waals surface area contributed by atoms with E-state index in [2.05, 4.69) is 15.9 Å². The first-order chi connectivity index (χ1) is 6.18. The fraction of sp³-hybridized carbons (Fsp3) is 0.364. The zero-order valence-corrected chi connectivity index (χ0v) is 9.89. The maximum absolute atomic E-state index is 10.7. The summed E-state index contributed by atoms with van der Waals surface area (Å²) in [6, 6.07) is 7.79. The number of benzene rings is 1. The number of Topliss-reactive ketones (excluding diaryl/α,β-unsaturated/α-hetero) is 1. The van der Waals surface area contributed by atoms with E-state index >= 15 is 0 Å². The molecule has 0 aliphatic carbocycles. The van der Waals surface area contributed by atoms with Gasteiger partial charge >= 0.3 is 0 Å². The van der Waals surface area contributed by atoms with Crippen molar-refractivity contribution in [1.82, 2.24) is 0 Å². The molecule has 0 aliphatic rings. The van der Waals surface area contributed by atoms with Gasteiger partial charge in [-0.15, -0.1) is 0 Å². The van der Waals surface area contributed by atoms with Crippen LogP contribution >= 0.6 is 15.9 Å². The quantitative estimate of drug-likeness (QED) is 0.775. The van der Waals surface area contributed by atoms with Crippen LogP contribution in [0.1, 0.15) is 26.3 Å². The van der Waals surface area contributed by atoms with E-state index in [9.17, 15) is 4.79 Å². The number of ketones is 1. The summed E-state index contributed by atoms with van der Waals surface area (Å²) in [5.74, 6) is 0.201. The van der Waals surface area contributed by atoms with Gasteiger partial charge in [0.1, 0.15) is 5.78 Å². The predicted octanol–water partition coefficient (Wildman–Crippen LogP) is 3.61. The topological polar surface area (TPSA) is 17.1 Å². The van der Waals surface area contributed by atoms with Crippen LogP contribution in [0.5, 0.6) is 0 Å². The summed E-state index contributed by atoms with van der Waals surface area (Å²) in [7, 11) is 0. The Morgan fingerprint density at radius 2 is 1.69 bits per heavy atom. The van der Waals surface area contributed by atoms with E-state index in [0.29, 0.717) is 6.42 Å². The molecule has 72 valence electrons. The first-order valence-electron chi connectivity index (χ1n) is 4.42. The Hall–Kier alpha value is -0.630. The lowest BCUT2D eigenvalue weighted by Gasteiger charge is -1.96. The second-order valence-corrected chi connectivity index (χ2v) is 3.42. The molecule has 0 radical (unpaired) electrons. The lowest BCUT2D eigenvalue weighted by molar-refractivity contribution is -0.116. The summed E-state index contributed by atoms with van der Waals surface area (Å²) in [5.41, 5.74) is 1.07. The monoisotopic (exact) mass is 242 g/mol. The molecule has 0 atom stereocenters. The molecule has 0 fully saturated rings. The third-order valence-electron chi connectivity index (χ3n) is 1.37. The largest absolute Gasteiger partial charge is 0.300 e. The first-order valence-corrected chi connectivity index (χ1v) is 5.21. The molecule has 2 heteroatoms. The Labute approximate surface area is 88.3 Å². The molecule has 0 bridgehead atoms. The molecule has 0 saturated heterocycles.